The van der Waals surface area contributed by atoms with E-state index < -0.39 is 0 Å². The zero-order valence-corrected chi connectivity index (χ0v) is 10.4. The average Bonchev–Trinajstić information content (AvgIpc) is 2.66. The molecule has 0 aromatic carbocycles. The lowest BCUT2D eigenvalue weighted by Crippen LogP contribution is -2.32. The lowest BCUT2D eigenvalue weighted by molar-refractivity contribution is 0.315. The number of pyridine rings is 1. The topological polar surface area (TPSA) is 45.4 Å². The fourth-order valence-electron chi connectivity index (χ4n) is 2.07. The summed E-state index contributed by atoms with van der Waals surface area (Å²) in [6, 6.07) is 2.34. The van der Waals surface area contributed by atoms with Crippen molar-refractivity contribution in [2.45, 2.75) is 12.5 Å². The fraction of sp³-hybridized carbons (Fsp3) is 0.545. The van der Waals surface area contributed by atoms with Gasteiger partial charge >= 0.3 is 0 Å². The van der Waals surface area contributed by atoms with Crippen molar-refractivity contribution in [3.63, 3.8) is 0 Å². The number of nitrogens with zero attached hydrogens (tertiary/aromatic N) is 3. The summed E-state index contributed by atoms with van der Waals surface area (Å²) in [5.41, 5.74) is 6.58. The summed E-state index contributed by atoms with van der Waals surface area (Å²) in [7, 11) is 4.21. The monoisotopic (exact) mass is 240 g/mol. The largest absolute Gasteiger partial charge is 0.396 e. The van der Waals surface area contributed by atoms with Gasteiger partial charge in [-0.25, -0.2) is 4.98 Å². The van der Waals surface area contributed by atoms with Gasteiger partial charge in [0.15, 0.2) is 5.82 Å². The van der Waals surface area contributed by atoms with Crippen molar-refractivity contribution in [2.24, 2.45) is 0 Å². The van der Waals surface area contributed by atoms with Crippen molar-refractivity contribution in [1.29, 1.82) is 0 Å². The Morgan fingerprint density at radius 3 is 2.88 bits per heavy atom. The molecule has 1 saturated heterocycles. The molecular formula is C11H17ClN4. The van der Waals surface area contributed by atoms with Gasteiger partial charge in [0.1, 0.15) is 0 Å². The number of likely N-dealkylation sites (N-methyl/N-ethyl adjacent to an activating group) is 1. The van der Waals surface area contributed by atoms with Gasteiger partial charge < -0.3 is 15.5 Å². The predicted octanol–water partition coefficient (Wildman–Crippen LogP) is 1.46. The summed E-state index contributed by atoms with van der Waals surface area (Å²) in [4.78, 5) is 8.76. The highest BCUT2D eigenvalue weighted by Gasteiger charge is 2.25. The molecule has 0 aliphatic carbocycles. The van der Waals surface area contributed by atoms with Crippen LogP contribution in [-0.2, 0) is 0 Å². The molecule has 1 unspecified atom stereocenters. The first-order valence-corrected chi connectivity index (χ1v) is 5.78. The molecule has 88 valence electrons. The first kappa shape index (κ1) is 11.5. The predicted molar refractivity (Wildman–Crippen MR) is 68.0 cm³/mol. The Kier molecular flexibility index (Phi) is 3.21. The zero-order valence-electron chi connectivity index (χ0n) is 9.65. The molecule has 2 heterocycles. The van der Waals surface area contributed by atoms with Gasteiger partial charge in [0.25, 0.3) is 0 Å². The van der Waals surface area contributed by atoms with Gasteiger partial charge in [-0.3, -0.25) is 0 Å². The number of hydrogen-bond donors (Lipinski definition) is 1. The summed E-state index contributed by atoms with van der Waals surface area (Å²) in [5, 5.41) is 0.588. The Labute approximate surface area is 101 Å². The third kappa shape index (κ3) is 2.23. The second kappa shape index (κ2) is 4.47. The molecule has 2 N–H and O–H groups in total. The van der Waals surface area contributed by atoms with E-state index >= 15 is 0 Å². The summed E-state index contributed by atoms with van der Waals surface area (Å²) >= 11 is 5.83. The van der Waals surface area contributed by atoms with Gasteiger partial charge in [-0.2, -0.15) is 0 Å². The van der Waals surface area contributed by atoms with E-state index in [1.807, 2.05) is 0 Å². The van der Waals surface area contributed by atoms with E-state index in [1.54, 1.807) is 12.3 Å². The quantitative estimate of drug-likeness (QED) is 0.850. The Balaban J connectivity index is 2.14. The molecule has 1 atom stereocenters. The zero-order chi connectivity index (χ0) is 11.7. The fourth-order valence-corrected chi connectivity index (χ4v) is 2.23. The molecule has 2 rings (SSSR count). The average molecular weight is 241 g/mol. The minimum Gasteiger partial charge on any atom is -0.396 e. The highest BCUT2D eigenvalue weighted by Crippen LogP contribution is 2.27. The van der Waals surface area contributed by atoms with E-state index in [0.29, 0.717) is 16.8 Å². The normalized spacial score (nSPS) is 20.8. The maximum Gasteiger partial charge on any atom is 0.151 e. The second-order valence-electron chi connectivity index (χ2n) is 4.42. The van der Waals surface area contributed by atoms with Crippen LogP contribution in [0.5, 0.6) is 0 Å². The molecule has 0 spiro atoms. The first-order chi connectivity index (χ1) is 7.58. The molecule has 0 radical (unpaired) electrons. The van der Waals surface area contributed by atoms with E-state index in [0.717, 1.165) is 25.3 Å². The number of anilines is 2. The lowest BCUT2D eigenvalue weighted by Gasteiger charge is -2.22. The number of nitrogens with two attached hydrogens (primary N) is 1. The van der Waals surface area contributed by atoms with E-state index in [2.05, 4.69) is 28.9 Å². The van der Waals surface area contributed by atoms with Crippen LogP contribution in [0.25, 0.3) is 0 Å². The summed E-state index contributed by atoms with van der Waals surface area (Å²) in [6.45, 7) is 1.98. The van der Waals surface area contributed by atoms with Gasteiger partial charge in [0, 0.05) is 25.3 Å². The second-order valence-corrected chi connectivity index (χ2v) is 4.85. The van der Waals surface area contributed by atoms with Gasteiger partial charge in [0.2, 0.25) is 0 Å². The number of aromatic nitrogens is 1. The lowest BCUT2D eigenvalue weighted by atomic mass is 10.2. The molecule has 0 amide bonds. The smallest absolute Gasteiger partial charge is 0.151 e. The number of hydrogen-bond acceptors (Lipinski definition) is 4. The molecule has 1 aliphatic heterocycles. The van der Waals surface area contributed by atoms with Crippen LogP contribution in [0.3, 0.4) is 0 Å². The molecule has 1 aromatic rings. The van der Waals surface area contributed by atoms with Crippen molar-refractivity contribution >= 4 is 23.1 Å². The number of halogens is 1. The number of rotatable bonds is 2. The van der Waals surface area contributed by atoms with Crippen molar-refractivity contribution in [1.82, 2.24) is 9.88 Å². The molecule has 1 aliphatic rings. The van der Waals surface area contributed by atoms with E-state index in [9.17, 15) is 0 Å². The standard InChI is InChI=1S/C11H17ClN4/c1-15(2)9-3-4-16(7-9)11-10(13)5-8(12)6-14-11/h5-6,9H,3-4,7,13H2,1-2H3. The Morgan fingerprint density at radius 1 is 1.56 bits per heavy atom. The van der Waals surface area contributed by atoms with Crippen LogP contribution < -0.4 is 10.6 Å². The van der Waals surface area contributed by atoms with E-state index in [4.69, 9.17) is 17.3 Å². The SMILES string of the molecule is CN(C)C1CCN(c2ncc(Cl)cc2N)C1. The van der Waals surface area contributed by atoms with Gasteiger partial charge in [0.05, 0.1) is 10.7 Å². The summed E-state index contributed by atoms with van der Waals surface area (Å²) in [6.07, 6.45) is 2.80. The van der Waals surface area contributed by atoms with Crippen molar-refractivity contribution < 1.29 is 0 Å². The molecular weight excluding hydrogens is 224 g/mol. The first-order valence-electron chi connectivity index (χ1n) is 5.40. The number of nitrogen functional groups attached to an aromatic ring is 1. The Bertz CT molecular complexity index is 380. The van der Waals surface area contributed by atoms with Crippen LogP contribution >= 0.6 is 11.6 Å². The maximum absolute atomic E-state index is 5.92. The third-order valence-electron chi connectivity index (χ3n) is 3.05. The van der Waals surface area contributed by atoms with Crippen LogP contribution in [0.15, 0.2) is 12.3 Å². The van der Waals surface area contributed by atoms with Gasteiger partial charge in [-0.05, 0) is 26.6 Å². The van der Waals surface area contributed by atoms with Crippen LogP contribution in [-0.4, -0.2) is 43.1 Å². The summed E-state index contributed by atoms with van der Waals surface area (Å²) < 4.78 is 0. The maximum atomic E-state index is 5.92. The molecule has 16 heavy (non-hydrogen) atoms. The van der Waals surface area contributed by atoms with Crippen molar-refractivity contribution in [3.05, 3.63) is 17.3 Å². The summed E-state index contributed by atoms with van der Waals surface area (Å²) in [5.74, 6) is 0.855. The molecule has 1 aromatic heterocycles. The molecule has 0 bridgehead atoms. The Morgan fingerprint density at radius 2 is 2.31 bits per heavy atom. The molecule has 5 heteroatoms. The van der Waals surface area contributed by atoms with Crippen LogP contribution in [0.1, 0.15) is 6.42 Å². The van der Waals surface area contributed by atoms with Crippen LogP contribution in [0, 0.1) is 0 Å². The molecule has 4 nitrogen and oxygen atoms in total. The van der Waals surface area contributed by atoms with Crippen LogP contribution in [0.4, 0.5) is 11.5 Å². The minimum absolute atomic E-state index is 0.580. The van der Waals surface area contributed by atoms with Crippen molar-refractivity contribution in [2.75, 3.05) is 37.8 Å². The van der Waals surface area contributed by atoms with Crippen molar-refractivity contribution in [3.8, 4) is 0 Å². The van der Waals surface area contributed by atoms with Crippen LogP contribution in [0.2, 0.25) is 5.02 Å². The third-order valence-corrected chi connectivity index (χ3v) is 3.26. The highest BCUT2D eigenvalue weighted by atomic mass is 35.5. The van der Waals surface area contributed by atoms with Gasteiger partial charge in [-0.1, -0.05) is 11.6 Å². The highest BCUT2D eigenvalue weighted by molar-refractivity contribution is 6.30. The molecule has 1 fully saturated rings. The van der Waals surface area contributed by atoms with E-state index in [-0.39, 0.29) is 0 Å². The molecule has 0 saturated carbocycles. The van der Waals surface area contributed by atoms with Gasteiger partial charge in [-0.15, -0.1) is 0 Å². The Hall–Kier alpha value is -1.00. The van der Waals surface area contributed by atoms with E-state index in [1.165, 1.54) is 0 Å². The minimum atomic E-state index is 0.580.